The van der Waals surface area contributed by atoms with E-state index in [1.54, 1.807) is 29.8 Å². The Balaban J connectivity index is 2.07. The standard InChI is InChI=1S/C10H10N2OS/c13-10(5-8-2-4-14-7-8)9-1-3-11-12-6-9/h1-4,6-7,10,13H,5H2. The summed E-state index contributed by atoms with van der Waals surface area (Å²) in [5.41, 5.74) is 1.96. The van der Waals surface area contributed by atoms with Gasteiger partial charge >= 0.3 is 0 Å². The van der Waals surface area contributed by atoms with Gasteiger partial charge in [-0.3, -0.25) is 0 Å². The first kappa shape index (κ1) is 9.30. The van der Waals surface area contributed by atoms with Crippen LogP contribution in [0.1, 0.15) is 17.2 Å². The Labute approximate surface area is 86.1 Å². The lowest BCUT2D eigenvalue weighted by Gasteiger charge is -2.08. The Morgan fingerprint density at radius 2 is 2.29 bits per heavy atom. The summed E-state index contributed by atoms with van der Waals surface area (Å²) in [6.45, 7) is 0. The van der Waals surface area contributed by atoms with Crippen LogP contribution < -0.4 is 0 Å². The molecule has 4 heteroatoms. The zero-order valence-corrected chi connectivity index (χ0v) is 8.31. The quantitative estimate of drug-likeness (QED) is 0.833. The monoisotopic (exact) mass is 206 g/mol. The predicted octanol–water partition coefficient (Wildman–Crippen LogP) is 1.81. The fourth-order valence-corrected chi connectivity index (χ4v) is 1.93. The minimum absolute atomic E-state index is 0.486. The fourth-order valence-electron chi connectivity index (χ4n) is 1.25. The maximum Gasteiger partial charge on any atom is 0.0846 e. The molecular formula is C10H10N2OS. The van der Waals surface area contributed by atoms with E-state index in [1.165, 1.54) is 0 Å². The van der Waals surface area contributed by atoms with Crippen LogP contribution in [0.4, 0.5) is 0 Å². The number of aliphatic hydroxyl groups is 1. The summed E-state index contributed by atoms with van der Waals surface area (Å²) in [5, 5.41) is 21.3. The molecule has 0 fully saturated rings. The molecule has 0 aromatic carbocycles. The molecule has 2 aromatic heterocycles. The number of nitrogens with zero attached hydrogens (tertiary/aromatic N) is 2. The minimum Gasteiger partial charge on any atom is -0.388 e. The summed E-state index contributed by atoms with van der Waals surface area (Å²) >= 11 is 1.64. The third kappa shape index (κ3) is 2.16. The van der Waals surface area contributed by atoms with Gasteiger partial charge in [0.25, 0.3) is 0 Å². The highest BCUT2D eigenvalue weighted by molar-refractivity contribution is 7.07. The van der Waals surface area contributed by atoms with Gasteiger partial charge in [-0.1, -0.05) is 0 Å². The van der Waals surface area contributed by atoms with Gasteiger partial charge in [-0.15, -0.1) is 0 Å². The van der Waals surface area contributed by atoms with Crippen LogP contribution >= 0.6 is 11.3 Å². The van der Waals surface area contributed by atoms with Crippen LogP contribution in [0, 0.1) is 0 Å². The van der Waals surface area contributed by atoms with Gasteiger partial charge in [0.05, 0.1) is 12.3 Å². The first-order chi connectivity index (χ1) is 6.86. The van der Waals surface area contributed by atoms with Crippen LogP contribution in [0.5, 0.6) is 0 Å². The Hall–Kier alpha value is -1.26. The minimum atomic E-state index is -0.486. The fraction of sp³-hybridized carbons (Fsp3) is 0.200. The smallest absolute Gasteiger partial charge is 0.0846 e. The maximum absolute atomic E-state index is 9.83. The predicted molar refractivity (Wildman–Crippen MR) is 55.0 cm³/mol. The summed E-state index contributed by atoms with van der Waals surface area (Å²) in [7, 11) is 0. The zero-order valence-electron chi connectivity index (χ0n) is 7.50. The average molecular weight is 206 g/mol. The molecule has 0 aliphatic carbocycles. The second kappa shape index (κ2) is 4.30. The lowest BCUT2D eigenvalue weighted by atomic mass is 10.1. The topological polar surface area (TPSA) is 46.0 Å². The summed E-state index contributed by atoms with van der Waals surface area (Å²) in [4.78, 5) is 0. The molecular weight excluding hydrogens is 196 g/mol. The Kier molecular flexibility index (Phi) is 2.86. The van der Waals surface area contributed by atoms with Crippen LogP contribution in [-0.2, 0) is 6.42 Å². The SMILES string of the molecule is OC(Cc1ccsc1)c1ccnnc1. The molecule has 0 saturated carbocycles. The van der Waals surface area contributed by atoms with Crippen molar-refractivity contribution in [3.63, 3.8) is 0 Å². The molecule has 0 spiro atoms. The third-order valence-electron chi connectivity index (χ3n) is 2.00. The van der Waals surface area contributed by atoms with Crippen LogP contribution in [0.25, 0.3) is 0 Å². The molecule has 0 radical (unpaired) electrons. The van der Waals surface area contributed by atoms with E-state index < -0.39 is 6.10 Å². The first-order valence-electron chi connectivity index (χ1n) is 4.32. The van der Waals surface area contributed by atoms with E-state index in [0.29, 0.717) is 6.42 Å². The van der Waals surface area contributed by atoms with Gasteiger partial charge in [0.2, 0.25) is 0 Å². The summed E-state index contributed by atoms with van der Waals surface area (Å²) < 4.78 is 0. The highest BCUT2D eigenvalue weighted by atomic mass is 32.1. The summed E-state index contributed by atoms with van der Waals surface area (Å²) in [6, 6.07) is 3.80. The molecule has 1 N–H and O–H groups in total. The molecule has 0 bridgehead atoms. The number of hydrogen-bond acceptors (Lipinski definition) is 4. The van der Waals surface area contributed by atoms with E-state index >= 15 is 0 Å². The van der Waals surface area contributed by atoms with E-state index in [9.17, 15) is 5.11 Å². The Bertz CT molecular complexity index is 374. The van der Waals surface area contributed by atoms with Gasteiger partial charge in [0.1, 0.15) is 0 Å². The van der Waals surface area contributed by atoms with Crippen molar-refractivity contribution < 1.29 is 5.11 Å². The molecule has 2 rings (SSSR count). The second-order valence-electron chi connectivity index (χ2n) is 3.03. The van der Waals surface area contributed by atoms with Crippen LogP contribution in [0.2, 0.25) is 0 Å². The zero-order chi connectivity index (χ0) is 9.80. The molecule has 0 aliphatic rings. The van der Waals surface area contributed by atoms with E-state index in [-0.39, 0.29) is 0 Å². The van der Waals surface area contributed by atoms with Gasteiger partial charge in [-0.2, -0.15) is 21.5 Å². The lowest BCUT2D eigenvalue weighted by Crippen LogP contribution is -2.01. The molecule has 72 valence electrons. The third-order valence-corrected chi connectivity index (χ3v) is 2.73. The largest absolute Gasteiger partial charge is 0.388 e. The molecule has 3 nitrogen and oxygen atoms in total. The Morgan fingerprint density at radius 1 is 1.36 bits per heavy atom. The molecule has 0 aliphatic heterocycles. The van der Waals surface area contributed by atoms with Crippen molar-refractivity contribution in [1.29, 1.82) is 0 Å². The molecule has 14 heavy (non-hydrogen) atoms. The van der Waals surface area contributed by atoms with E-state index in [2.05, 4.69) is 10.2 Å². The first-order valence-corrected chi connectivity index (χ1v) is 5.26. The van der Waals surface area contributed by atoms with E-state index in [4.69, 9.17) is 0 Å². The van der Waals surface area contributed by atoms with Crippen LogP contribution in [-0.4, -0.2) is 15.3 Å². The highest BCUT2D eigenvalue weighted by Crippen LogP contribution is 2.18. The second-order valence-corrected chi connectivity index (χ2v) is 3.81. The Morgan fingerprint density at radius 3 is 2.93 bits per heavy atom. The van der Waals surface area contributed by atoms with Gasteiger partial charge in [0, 0.05) is 18.2 Å². The molecule has 2 aromatic rings. The van der Waals surface area contributed by atoms with Crippen molar-refractivity contribution in [2.75, 3.05) is 0 Å². The number of thiophene rings is 1. The van der Waals surface area contributed by atoms with Crippen molar-refractivity contribution in [2.24, 2.45) is 0 Å². The maximum atomic E-state index is 9.83. The molecule has 1 atom stereocenters. The van der Waals surface area contributed by atoms with Crippen molar-refractivity contribution in [3.8, 4) is 0 Å². The molecule has 2 heterocycles. The number of rotatable bonds is 3. The van der Waals surface area contributed by atoms with Gasteiger partial charge < -0.3 is 5.11 Å². The lowest BCUT2D eigenvalue weighted by molar-refractivity contribution is 0.178. The van der Waals surface area contributed by atoms with Crippen molar-refractivity contribution in [2.45, 2.75) is 12.5 Å². The number of aliphatic hydroxyl groups excluding tert-OH is 1. The van der Waals surface area contributed by atoms with Crippen LogP contribution in [0.3, 0.4) is 0 Å². The van der Waals surface area contributed by atoms with Crippen molar-refractivity contribution >= 4 is 11.3 Å². The van der Waals surface area contributed by atoms with Gasteiger partial charge in [-0.05, 0) is 28.5 Å². The number of hydrogen-bond donors (Lipinski definition) is 1. The van der Waals surface area contributed by atoms with Gasteiger partial charge in [-0.25, -0.2) is 0 Å². The molecule has 0 amide bonds. The summed E-state index contributed by atoms with van der Waals surface area (Å²) in [5.74, 6) is 0. The normalized spacial score (nSPS) is 12.6. The molecule has 1 unspecified atom stereocenters. The number of aromatic nitrogens is 2. The van der Waals surface area contributed by atoms with Gasteiger partial charge in [0.15, 0.2) is 0 Å². The van der Waals surface area contributed by atoms with Crippen LogP contribution in [0.15, 0.2) is 35.3 Å². The van der Waals surface area contributed by atoms with E-state index in [1.807, 2.05) is 16.8 Å². The van der Waals surface area contributed by atoms with Crippen molar-refractivity contribution in [1.82, 2.24) is 10.2 Å². The highest BCUT2D eigenvalue weighted by Gasteiger charge is 2.08. The average Bonchev–Trinajstić information content (AvgIpc) is 2.72. The summed E-state index contributed by atoms with van der Waals surface area (Å²) in [6.07, 6.45) is 3.33. The van der Waals surface area contributed by atoms with Crippen molar-refractivity contribution in [3.05, 3.63) is 46.4 Å². The molecule has 0 saturated heterocycles. The van der Waals surface area contributed by atoms with E-state index in [0.717, 1.165) is 11.1 Å².